The second kappa shape index (κ2) is 9.97. The molecule has 0 saturated heterocycles. The fourth-order valence-electron chi connectivity index (χ4n) is 1.10. The molecule has 0 rings (SSSR count). The first-order valence-corrected chi connectivity index (χ1v) is 5.19. The van der Waals surface area contributed by atoms with Crippen LogP contribution in [0.3, 0.4) is 0 Å². The largest absolute Gasteiger partial charge is 0.303 e. The van der Waals surface area contributed by atoms with Gasteiger partial charge in [-0.15, -0.1) is 0 Å². The second-order valence-corrected chi connectivity index (χ2v) is 3.42. The molecule has 0 bridgehead atoms. The first kappa shape index (κ1) is 12.9. The molecule has 0 aliphatic carbocycles. The highest BCUT2D eigenvalue weighted by Crippen LogP contribution is 2.09. The van der Waals surface area contributed by atoms with Crippen molar-refractivity contribution >= 4 is 6.29 Å². The van der Waals surface area contributed by atoms with Gasteiger partial charge >= 0.3 is 0 Å². The summed E-state index contributed by atoms with van der Waals surface area (Å²) in [7, 11) is 0. The molecule has 78 valence electrons. The zero-order valence-electron chi connectivity index (χ0n) is 9.15. The summed E-state index contributed by atoms with van der Waals surface area (Å²) in [6.45, 7) is 4.17. The van der Waals surface area contributed by atoms with E-state index in [1.807, 2.05) is 31.2 Å². The number of rotatable bonds is 7. The molecule has 0 aromatic heterocycles. The van der Waals surface area contributed by atoms with Gasteiger partial charge in [-0.1, -0.05) is 43.4 Å². The summed E-state index contributed by atoms with van der Waals surface area (Å²) in [5.41, 5.74) is 0. The Labute approximate surface area is 87.2 Å². The van der Waals surface area contributed by atoms with Crippen LogP contribution in [-0.4, -0.2) is 6.29 Å². The van der Waals surface area contributed by atoms with E-state index < -0.39 is 0 Å². The highest BCUT2D eigenvalue weighted by molar-refractivity contribution is 5.49. The lowest BCUT2D eigenvalue weighted by Gasteiger charge is -2.03. The molecule has 0 spiro atoms. The maximum atomic E-state index is 10.1. The van der Waals surface area contributed by atoms with Crippen molar-refractivity contribution in [3.05, 3.63) is 36.5 Å². The molecule has 0 fully saturated rings. The number of allylic oxidation sites excluding steroid dienone is 6. The van der Waals surface area contributed by atoms with E-state index in [4.69, 9.17) is 0 Å². The van der Waals surface area contributed by atoms with Crippen LogP contribution in [0, 0.1) is 5.92 Å². The van der Waals surface area contributed by atoms with E-state index in [2.05, 4.69) is 19.1 Å². The molecule has 1 nitrogen and oxygen atoms in total. The van der Waals surface area contributed by atoms with E-state index in [0.717, 1.165) is 19.1 Å². The molecule has 14 heavy (non-hydrogen) atoms. The van der Waals surface area contributed by atoms with Gasteiger partial charge in [0.1, 0.15) is 6.29 Å². The van der Waals surface area contributed by atoms with Gasteiger partial charge in [0.2, 0.25) is 0 Å². The molecule has 0 radical (unpaired) electrons. The summed E-state index contributed by atoms with van der Waals surface area (Å²) in [6, 6.07) is 0. The molecule has 0 aromatic carbocycles. The Bertz CT molecular complexity index is 211. The van der Waals surface area contributed by atoms with E-state index in [-0.39, 0.29) is 0 Å². The Morgan fingerprint density at radius 2 is 1.86 bits per heavy atom. The Morgan fingerprint density at radius 3 is 2.50 bits per heavy atom. The van der Waals surface area contributed by atoms with E-state index in [1.165, 1.54) is 0 Å². The summed E-state index contributed by atoms with van der Waals surface area (Å²) in [5, 5.41) is 0. The minimum Gasteiger partial charge on any atom is -0.303 e. The van der Waals surface area contributed by atoms with Crippen LogP contribution >= 0.6 is 0 Å². The van der Waals surface area contributed by atoms with Gasteiger partial charge < -0.3 is 4.79 Å². The highest BCUT2D eigenvalue weighted by Gasteiger charge is 1.97. The number of carbonyl (C=O) groups is 1. The predicted molar refractivity (Wildman–Crippen MR) is 62.2 cm³/mol. The maximum Gasteiger partial charge on any atom is 0.120 e. The minimum absolute atomic E-state index is 0.603. The summed E-state index contributed by atoms with van der Waals surface area (Å²) in [5.74, 6) is 0.603. The maximum absolute atomic E-state index is 10.1. The van der Waals surface area contributed by atoms with Gasteiger partial charge in [0.25, 0.3) is 0 Å². The Hall–Kier alpha value is -1.11. The topological polar surface area (TPSA) is 17.1 Å². The Morgan fingerprint density at radius 1 is 1.14 bits per heavy atom. The van der Waals surface area contributed by atoms with Crippen LogP contribution in [-0.2, 0) is 4.79 Å². The Balaban J connectivity index is 3.54. The quantitative estimate of drug-likeness (QED) is 0.444. The van der Waals surface area contributed by atoms with Gasteiger partial charge in [-0.3, -0.25) is 0 Å². The molecule has 1 atom stereocenters. The van der Waals surface area contributed by atoms with Crippen molar-refractivity contribution in [3.8, 4) is 0 Å². The van der Waals surface area contributed by atoms with Crippen LogP contribution in [0.4, 0.5) is 0 Å². The SMILES string of the molecule is C/C=C/C=C/C=C/CC(C)CCC=O. The van der Waals surface area contributed by atoms with Gasteiger partial charge in [0.15, 0.2) is 0 Å². The third-order valence-electron chi connectivity index (χ3n) is 1.98. The third kappa shape index (κ3) is 8.98. The number of hydrogen-bond acceptors (Lipinski definition) is 1. The van der Waals surface area contributed by atoms with Crippen molar-refractivity contribution < 1.29 is 4.79 Å². The number of hydrogen-bond donors (Lipinski definition) is 0. The molecule has 0 saturated carbocycles. The first-order chi connectivity index (χ1) is 6.81. The fraction of sp³-hybridized carbons (Fsp3) is 0.462. The minimum atomic E-state index is 0.603. The lowest BCUT2D eigenvalue weighted by atomic mass is 10.0. The van der Waals surface area contributed by atoms with E-state index >= 15 is 0 Å². The highest BCUT2D eigenvalue weighted by atomic mass is 16.1. The summed E-state index contributed by atoms with van der Waals surface area (Å²) in [6.07, 6.45) is 15.9. The van der Waals surface area contributed by atoms with Crippen LogP contribution in [0.25, 0.3) is 0 Å². The molecule has 1 unspecified atom stereocenters. The van der Waals surface area contributed by atoms with Gasteiger partial charge in [0, 0.05) is 6.42 Å². The first-order valence-electron chi connectivity index (χ1n) is 5.19. The summed E-state index contributed by atoms with van der Waals surface area (Å²) in [4.78, 5) is 10.1. The zero-order valence-corrected chi connectivity index (χ0v) is 9.15. The van der Waals surface area contributed by atoms with Crippen molar-refractivity contribution in [3.63, 3.8) is 0 Å². The molecular weight excluding hydrogens is 172 g/mol. The van der Waals surface area contributed by atoms with Crippen LogP contribution in [0.2, 0.25) is 0 Å². The van der Waals surface area contributed by atoms with Gasteiger partial charge in [-0.2, -0.15) is 0 Å². The van der Waals surface area contributed by atoms with E-state index in [1.54, 1.807) is 0 Å². The van der Waals surface area contributed by atoms with Crippen LogP contribution < -0.4 is 0 Å². The number of aldehydes is 1. The monoisotopic (exact) mass is 192 g/mol. The predicted octanol–water partition coefficient (Wildman–Crippen LogP) is 3.68. The van der Waals surface area contributed by atoms with Crippen LogP contribution in [0.1, 0.15) is 33.1 Å². The lowest BCUT2D eigenvalue weighted by Crippen LogP contribution is -1.92. The normalized spacial score (nSPS) is 14.4. The molecule has 0 amide bonds. The zero-order chi connectivity index (χ0) is 10.6. The van der Waals surface area contributed by atoms with Gasteiger partial charge in [-0.05, 0) is 25.7 Å². The summed E-state index contributed by atoms with van der Waals surface area (Å²) < 4.78 is 0. The van der Waals surface area contributed by atoms with E-state index in [0.29, 0.717) is 12.3 Å². The summed E-state index contributed by atoms with van der Waals surface area (Å²) >= 11 is 0. The van der Waals surface area contributed by atoms with Crippen LogP contribution in [0.15, 0.2) is 36.5 Å². The fourth-order valence-corrected chi connectivity index (χ4v) is 1.10. The van der Waals surface area contributed by atoms with Crippen molar-refractivity contribution in [2.75, 3.05) is 0 Å². The molecule has 0 aliphatic rings. The van der Waals surface area contributed by atoms with Crippen molar-refractivity contribution in [2.24, 2.45) is 5.92 Å². The molecule has 0 aromatic rings. The molecule has 0 aliphatic heterocycles. The molecule has 0 heterocycles. The standard InChI is InChI=1S/C13H20O/c1-3-4-5-6-7-8-10-13(2)11-9-12-14/h3-8,12-13H,9-11H2,1-2H3/b4-3+,6-5+,8-7+. The average Bonchev–Trinajstić information content (AvgIpc) is 2.20. The average molecular weight is 192 g/mol. The van der Waals surface area contributed by atoms with Crippen LogP contribution in [0.5, 0.6) is 0 Å². The molecule has 1 heteroatoms. The van der Waals surface area contributed by atoms with Gasteiger partial charge in [-0.25, -0.2) is 0 Å². The number of carbonyl (C=O) groups excluding carboxylic acids is 1. The third-order valence-corrected chi connectivity index (χ3v) is 1.98. The van der Waals surface area contributed by atoms with Crippen molar-refractivity contribution in [2.45, 2.75) is 33.1 Å². The molecule has 0 N–H and O–H groups in total. The molecular formula is C13H20O. The second-order valence-electron chi connectivity index (χ2n) is 3.42. The smallest absolute Gasteiger partial charge is 0.120 e. The lowest BCUT2D eigenvalue weighted by molar-refractivity contribution is -0.108. The van der Waals surface area contributed by atoms with E-state index in [9.17, 15) is 4.79 Å². The van der Waals surface area contributed by atoms with Crippen molar-refractivity contribution in [1.82, 2.24) is 0 Å². The Kier molecular flexibility index (Phi) is 9.18. The van der Waals surface area contributed by atoms with Crippen molar-refractivity contribution in [1.29, 1.82) is 0 Å². The van der Waals surface area contributed by atoms with Gasteiger partial charge in [0.05, 0.1) is 0 Å².